The number of carbonyl (C=O) groups is 1. The zero-order chi connectivity index (χ0) is 22.8. The lowest BCUT2D eigenvalue weighted by Crippen LogP contribution is -2.21. The average Bonchev–Trinajstić information content (AvgIpc) is 3.31. The average molecular weight is 434 g/mol. The van der Waals surface area contributed by atoms with Crippen LogP contribution in [-0.2, 0) is 0 Å². The molecule has 0 radical (unpaired) electrons. The fraction of sp³-hybridized carbons (Fsp3) is 0.174. The third-order valence-corrected chi connectivity index (χ3v) is 5.17. The lowest BCUT2D eigenvalue weighted by molar-refractivity contribution is 0.0695. The first-order chi connectivity index (χ1) is 15.4. The smallest absolute Gasteiger partial charge is 0.345 e. The number of aliphatic imine (C=N–C) groups is 1. The fourth-order valence-electron chi connectivity index (χ4n) is 3.43. The number of likely N-dealkylation sites (N-methyl/N-ethyl adjacent to an activating group) is 1. The Morgan fingerprint density at radius 2 is 2.12 bits per heavy atom. The second kappa shape index (κ2) is 8.56. The van der Waals surface area contributed by atoms with Crippen LogP contribution in [0.4, 0.5) is 23.1 Å². The number of benzene rings is 1. The van der Waals surface area contributed by atoms with Gasteiger partial charge in [0.25, 0.3) is 0 Å². The van der Waals surface area contributed by atoms with Gasteiger partial charge in [0.1, 0.15) is 0 Å². The van der Waals surface area contributed by atoms with Crippen LogP contribution >= 0.6 is 0 Å². The van der Waals surface area contributed by atoms with Gasteiger partial charge in [-0.05, 0) is 48.9 Å². The molecule has 4 N–H and O–H groups in total. The van der Waals surface area contributed by atoms with Crippen LogP contribution < -0.4 is 10.2 Å². The molecule has 1 aliphatic rings. The van der Waals surface area contributed by atoms with Gasteiger partial charge in [0, 0.05) is 48.5 Å². The van der Waals surface area contributed by atoms with E-state index < -0.39 is 11.7 Å². The number of allylic oxidation sites excluding steroid dienone is 1. The maximum absolute atomic E-state index is 11.8. The molecule has 0 unspecified atom stereocenters. The maximum Gasteiger partial charge on any atom is 0.345 e. The monoisotopic (exact) mass is 434 g/mol. The molecule has 0 atom stereocenters. The number of aliphatic hydroxyl groups excluding tert-OH is 1. The normalized spacial score (nSPS) is 13.4. The van der Waals surface area contributed by atoms with Crippen molar-refractivity contribution in [1.82, 2.24) is 4.98 Å². The molecular weight excluding hydrogens is 412 g/mol. The number of nitrogens with zero attached hydrogens (tertiary/aromatic N) is 3. The highest BCUT2D eigenvalue weighted by Crippen LogP contribution is 2.39. The molecule has 0 spiro atoms. The molecule has 0 saturated carbocycles. The van der Waals surface area contributed by atoms with Crippen LogP contribution in [0, 0.1) is 6.92 Å². The Hall–Kier alpha value is -4.11. The van der Waals surface area contributed by atoms with Gasteiger partial charge in [-0.1, -0.05) is 0 Å². The van der Waals surface area contributed by atoms with Crippen molar-refractivity contribution in [3.63, 3.8) is 0 Å². The minimum absolute atomic E-state index is 0.00000500. The van der Waals surface area contributed by atoms with E-state index >= 15 is 0 Å². The van der Waals surface area contributed by atoms with Crippen molar-refractivity contribution < 1.29 is 24.5 Å². The molecule has 164 valence electrons. The predicted octanol–water partition coefficient (Wildman–Crippen LogP) is 3.82. The van der Waals surface area contributed by atoms with Crippen molar-refractivity contribution in [3.8, 4) is 5.75 Å². The third-order valence-electron chi connectivity index (χ3n) is 5.17. The summed E-state index contributed by atoms with van der Waals surface area (Å²) in [7, 11) is 1.87. The van der Waals surface area contributed by atoms with E-state index in [0.29, 0.717) is 23.6 Å². The van der Waals surface area contributed by atoms with Crippen LogP contribution in [0.15, 0.2) is 45.9 Å². The fourth-order valence-corrected chi connectivity index (χ4v) is 3.43. The Balaban J connectivity index is 1.68. The first-order valence-corrected chi connectivity index (χ1v) is 9.89. The van der Waals surface area contributed by atoms with Crippen LogP contribution in [0.1, 0.15) is 27.2 Å². The van der Waals surface area contributed by atoms with Crippen molar-refractivity contribution in [2.24, 2.45) is 4.99 Å². The highest BCUT2D eigenvalue weighted by Gasteiger charge is 2.26. The number of fused-ring (bicyclic) bond motifs is 1. The van der Waals surface area contributed by atoms with Crippen molar-refractivity contribution in [3.05, 3.63) is 59.0 Å². The second-order valence-electron chi connectivity index (χ2n) is 7.33. The number of anilines is 3. The van der Waals surface area contributed by atoms with Gasteiger partial charge in [-0.15, -0.1) is 0 Å². The number of hydrogen-bond acceptors (Lipinski definition) is 8. The summed E-state index contributed by atoms with van der Waals surface area (Å²) in [5, 5.41) is 32.3. The summed E-state index contributed by atoms with van der Waals surface area (Å²) < 4.78 is 5.72. The first-order valence-electron chi connectivity index (χ1n) is 9.89. The molecular formula is C23H22N4O5. The number of pyridine rings is 1. The number of hydrogen-bond donors (Lipinski definition) is 4. The number of rotatable bonds is 7. The highest BCUT2D eigenvalue weighted by molar-refractivity contribution is 6.21. The minimum Gasteiger partial charge on any atom is -0.504 e. The molecule has 0 fully saturated rings. The maximum atomic E-state index is 11.8. The van der Waals surface area contributed by atoms with Gasteiger partial charge >= 0.3 is 5.97 Å². The number of nitrogens with one attached hydrogen (secondary N) is 1. The van der Waals surface area contributed by atoms with E-state index in [-0.39, 0.29) is 23.8 Å². The van der Waals surface area contributed by atoms with E-state index in [1.807, 2.05) is 37.1 Å². The molecule has 9 heteroatoms. The predicted molar refractivity (Wildman–Crippen MR) is 122 cm³/mol. The molecule has 1 aliphatic heterocycles. The number of carboxylic acid groups (broad SMARTS) is 1. The van der Waals surface area contributed by atoms with E-state index in [2.05, 4.69) is 15.3 Å². The summed E-state index contributed by atoms with van der Waals surface area (Å²) in [6.45, 7) is 2.39. The van der Waals surface area contributed by atoms with Gasteiger partial charge in [0.15, 0.2) is 22.9 Å². The molecule has 9 nitrogen and oxygen atoms in total. The molecule has 0 aliphatic carbocycles. The number of furan rings is 1. The number of aromatic carboxylic acids is 1. The van der Waals surface area contributed by atoms with Gasteiger partial charge in [0.2, 0.25) is 5.88 Å². The zero-order valence-electron chi connectivity index (χ0n) is 17.5. The van der Waals surface area contributed by atoms with Crippen molar-refractivity contribution in [1.29, 1.82) is 0 Å². The van der Waals surface area contributed by atoms with Gasteiger partial charge in [-0.25, -0.2) is 14.8 Å². The number of aliphatic hydroxyl groups is 1. The van der Waals surface area contributed by atoms with E-state index in [0.717, 1.165) is 16.8 Å². The van der Waals surface area contributed by atoms with Crippen molar-refractivity contribution >= 4 is 46.9 Å². The molecule has 3 aromatic rings. The molecule has 1 aromatic carbocycles. The van der Waals surface area contributed by atoms with E-state index in [1.54, 1.807) is 24.5 Å². The summed E-state index contributed by atoms with van der Waals surface area (Å²) in [6, 6.07) is 9.13. The number of aryl methyl sites for hydroxylation is 1. The van der Waals surface area contributed by atoms with Crippen LogP contribution in [-0.4, -0.2) is 52.7 Å². The van der Waals surface area contributed by atoms with Crippen LogP contribution in [0.3, 0.4) is 0 Å². The SMILES string of the molecule is Cc1cc(N(C)CCO)ccc1Nc1oc(C=C2C=Nc3ncccc32)c(O)c1C(=O)O. The van der Waals surface area contributed by atoms with Gasteiger partial charge in [-0.3, -0.25) is 0 Å². The Morgan fingerprint density at radius 1 is 1.31 bits per heavy atom. The molecule has 0 amide bonds. The number of aromatic nitrogens is 1. The standard InChI is InChI=1S/C23H22N4O5/c1-13-10-15(27(2)8-9-28)5-6-17(13)26-22-19(23(30)31)20(29)18(32-22)11-14-12-25-21-16(14)4-3-7-24-21/h3-7,10-12,26,28-29H,8-9H2,1-2H3,(H,30,31). The minimum atomic E-state index is -1.32. The topological polar surface area (TPSA) is 131 Å². The molecule has 4 rings (SSSR count). The number of aromatic hydroxyl groups is 1. The summed E-state index contributed by atoms with van der Waals surface area (Å²) >= 11 is 0. The van der Waals surface area contributed by atoms with Gasteiger partial charge in [-0.2, -0.15) is 0 Å². The van der Waals surface area contributed by atoms with E-state index in [1.165, 1.54) is 6.08 Å². The van der Waals surface area contributed by atoms with Gasteiger partial charge < -0.3 is 30.0 Å². The Labute approximate surface area is 184 Å². The summed E-state index contributed by atoms with van der Waals surface area (Å²) in [5.41, 5.74) is 3.40. The molecule has 3 heterocycles. The Bertz CT molecular complexity index is 1250. The lowest BCUT2D eigenvalue weighted by atomic mass is 10.1. The molecule has 0 saturated heterocycles. The van der Waals surface area contributed by atoms with Crippen LogP contribution in [0.2, 0.25) is 0 Å². The van der Waals surface area contributed by atoms with E-state index in [4.69, 9.17) is 9.52 Å². The number of carboxylic acids is 1. The quantitative estimate of drug-likeness (QED) is 0.441. The molecule has 2 aromatic heterocycles. The van der Waals surface area contributed by atoms with Gasteiger partial charge in [0.05, 0.1) is 6.61 Å². The van der Waals surface area contributed by atoms with Crippen LogP contribution in [0.25, 0.3) is 11.6 Å². The second-order valence-corrected chi connectivity index (χ2v) is 7.33. The molecule has 0 bridgehead atoms. The zero-order valence-corrected chi connectivity index (χ0v) is 17.5. The van der Waals surface area contributed by atoms with Crippen molar-refractivity contribution in [2.45, 2.75) is 6.92 Å². The largest absolute Gasteiger partial charge is 0.504 e. The summed E-state index contributed by atoms with van der Waals surface area (Å²) in [4.78, 5) is 22.1. The Kier molecular flexibility index (Phi) is 5.65. The lowest BCUT2D eigenvalue weighted by Gasteiger charge is -2.19. The van der Waals surface area contributed by atoms with Crippen LogP contribution in [0.5, 0.6) is 5.75 Å². The van der Waals surface area contributed by atoms with E-state index in [9.17, 15) is 15.0 Å². The highest BCUT2D eigenvalue weighted by atomic mass is 16.4. The van der Waals surface area contributed by atoms with Crippen molar-refractivity contribution in [2.75, 3.05) is 30.4 Å². The third kappa shape index (κ3) is 3.93. The summed E-state index contributed by atoms with van der Waals surface area (Å²) in [5.74, 6) is -1.33. The first kappa shape index (κ1) is 21.1. The molecule has 32 heavy (non-hydrogen) atoms. The Morgan fingerprint density at radius 3 is 2.84 bits per heavy atom. The summed E-state index contributed by atoms with van der Waals surface area (Å²) in [6.07, 6.45) is 4.74.